The second-order valence-electron chi connectivity index (χ2n) is 5.78. The number of rotatable bonds is 8. The summed E-state index contributed by atoms with van der Waals surface area (Å²) in [7, 11) is 0. The fraction of sp³-hybridized carbons (Fsp3) is 0.200. The van der Waals surface area contributed by atoms with Gasteiger partial charge in [0.25, 0.3) is 0 Å². The van der Waals surface area contributed by atoms with Gasteiger partial charge in [-0.15, -0.1) is 11.8 Å². The van der Waals surface area contributed by atoms with Crippen LogP contribution < -0.4 is 5.32 Å². The van der Waals surface area contributed by atoms with Gasteiger partial charge in [0.05, 0.1) is 6.20 Å². The first-order valence-electron chi connectivity index (χ1n) is 8.46. The highest BCUT2D eigenvalue weighted by molar-refractivity contribution is 7.99. The van der Waals surface area contributed by atoms with Crippen LogP contribution in [0.4, 0.5) is 4.39 Å². The van der Waals surface area contributed by atoms with E-state index in [9.17, 15) is 9.18 Å². The quantitative estimate of drug-likeness (QED) is 0.425. The average Bonchev–Trinajstić information content (AvgIpc) is 3.14. The van der Waals surface area contributed by atoms with Crippen molar-refractivity contribution in [2.75, 3.05) is 12.3 Å². The van der Waals surface area contributed by atoms with E-state index in [2.05, 4.69) is 10.3 Å². The summed E-state index contributed by atoms with van der Waals surface area (Å²) in [5.41, 5.74) is 0.749. The van der Waals surface area contributed by atoms with Crippen LogP contribution in [0, 0.1) is 5.82 Å². The van der Waals surface area contributed by atoms with Gasteiger partial charge in [0.1, 0.15) is 5.82 Å². The molecule has 0 bridgehead atoms. The number of oxazole rings is 1. The molecule has 2 aromatic carbocycles. The molecule has 1 heterocycles. The van der Waals surface area contributed by atoms with Crippen LogP contribution in [-0.4, -0.2) is 23.2 Å². The van der Waals surface area contributed by atoms with E-state index in [1.54, 1.807) is 30.1 Å². The summed E-state index contributed by atoms with van der Waals surface area (Å²) in [4.78, 5) is 17.2. The van der Waals surface area contributed by atoms with Crippen molar-refractivity contribution in [3.8, 4) is 11.3 Å². The van der Waals surface area contributed by atoms with Crippen molar-refractivity contribution in [1.29, 1.82) is 0 Å². The maximum Gasteiger partial charge on any atom is 0.220 e. The normalized spacial score (nSPS) is 10.7. The Kier molecular flexibility index (Phi) is 6.90. The molecular formula is C20H18ClFN2O2S. The van der Waals surface area contributed by atoms with Crippen LogP contribution in [-0.2, 0) is 11.2 Å². The molecule has 0 saturated heterocycles. The largest absolute Gasteiger partial charge is 0.441 e. The molecule has 0 aliphatic rings. The number of amides is 1. The highest BCUT2D eigenvalue weighted by Gasteiger charge is 2.09. The van der Waals surface area contributed by atoms with Crippen LogP contribution in [0.3, 0.4) is 0 Å². The molecule has 1 N–H and O–H groups in total. The first kappa shape index (κ1) is 19.5. The number of carbonyl (C=O) groups excluding carboxylic acids is 1. The lowest BCUT2D eigenvalue weighted by Gasteiger charge is -2.04. The SMILES string of the molecule is O=C(CCc1ncc(-c2ccc(F)cc2)o1)NCCSc1ccc(Cl)cc1. The number of nitrogens with one attached hydrogen (secondary N) is 1. The van der Waals surface area contributed by atoms with Crippen LogP contribution in [0.1, 0.15) is 12.3 Å². The lowest BCUT2D eigenvalue weighted by Crippen LogP contribution is -2.25. The number of nitrogens with zero attached hydrogens (tertiary/aromatic N) is 1. The number of carbonyl (C=O) groups is 1. The standard InChI is InChI=1S/C20H18ClFN2O2S/c21-15-3-7-17(8-4-15)27-12-11-23-19(25)9-10-20-24-13-18(26-20)14-1-5-16(22)6-2-14/h1-8,13H,9-12H2,(H,23,25). The Balaban J connectivity index is 1.38. The molecule has 4 nitrogen and oxygen atoms in total. The number of hydrogen-bond donors (Lipinski definition) is 1. The summed E-state index contributed by atoms with van der Waals surface area (Å²) in [6, 6.07) is 13.6. The second-order valence-corrected chi connectivity index (χ2v) is 7.38. The monoisotopic (exact) mass is 404 g/mol. The van der Waals surface area contributed by atoms with E-state index in [0.29, 0.717) is 36.1 Å². The molecule has 0 spiro atoms. The van der Waals surface area contributed by atoms with Gasteiger partial charge in [-0.25, -0.2) is 9.37 Å². The second kappa shape index (κ2) is 9.58. The van der Waals surface area contributed by atoms with E-state index in [4.69, 9.17) is 16.0 Å². The molecule has 3 rings (SSSR count). The first-order valence-corrected chi connectivity index (χ1v) is 9.82. The summed E-state index contributed by atoms with van der Waals surface area (Å²) in [5, 5.41) is 3.59. The molecule has 0 unspecified atom stereocenters. The van der Waals surface area contributed by atoms with Gasteiger partial charge in [-0.05, 0) is 48.5 Å². The first-order chi connectivity index (χ1) is 13.1. The summed E-state index contributed by atoms with van der Waals surface area (Å²) in [6.07, 6.45) is 2.30. The topological polar surface area (TPSA) is 55.1 Å². The zero-order valence-electron chi connectivity index (χ0n) is 14.5. The Labute approximate surface area is 166 Å². The fourth-order valence-corrected chi connectivity index (χ4v) is 3.27. The van der Waals surface area contributed by atoms with Gasteiger partial charge in [0, 0.05) is 40.6 Å². The molecule has 27 heavy (non-hydrogen) atoms. The number of hydrogen-bond acceptors (Lipinski definition) is 4. The molecular weight excluding hydrogens is 387 g/mol. The minimum absolute atomic E-state index is 0.0479. The molecule has 0 fully saturated rings. The zero-order chi connectivity index (χ0) is 19.1. The van der Waals surface area contributed by atoms with E-state index < -0.39 is 0 Å². The molecule has 1 amide bonds. The van der Waals surface area contributed by atoms with Gasteiger partial charge in [-0.3, -0.25) is 4.79 Å². The lowest BCUT2D eigenvalue weighted by atomic mass is 10.2. The van der Waals surface area contributed by atoms with Gasteiger partial charge in [0.15, 0.2) is 11.7 Å². The molecule has 0 aliphatic heterocycles. The number of halogens is 2. The third kappa shape index (κ3) is 6.12. The number of benzene rings is 2. The van der Waals surface area contributed by atoms with Gasteiger partial charge in [-0.2, -0.15) is 0 Å². The molecule has 7 heteroatoms. The van der Waals surface area contributed by atoms with E-state index in [1.165, 1.54) is 12.1 Å². The van der Waals surface area contributed by atoms with E-state index >= 15 is 0 Å². The Hall–Kier alpha value is -2.31. The van der Waals surface area contributed by atoms with Crippen molar-refractivity contribution in [3.63, 3.8) is 0 Å². The summed E-state index contributed by atoms with van der Waals surface area (Å²) >= 11 is 7.50. The molecule has 0 aliphatic carbocycles. The molecule has 0 saturated carbocycles. The van der Waals surface area contributed by atoms with Crippen molar-refractivity contribution in [3.05, 3.63) is 71.5 Å². The summed E-state index contributed by atoms with van der Waals surface area (Å²) in [6.45, 7) is 0.582. The van der Waals surface area contributed by atoms with Crippen molar-refractivity contribution in [1.82, 2.24) is 10.3 Å². The molecule has 140 valence electrons. The van der Waals surface area contributed by atoms with Crippen LogP contribution in [0.2, 0.25) is 5.02 Å². The Morgan fingerprint density at radius 1 is 1.15 bits per heavy atom. The predicted molar refractivity (Wildman–Crippen MR) is 105 cm³/mol. The maximum absolute atomic E-state index is 13.0. The predicted octanol–water partition coefficient (Wildman–Crippen LogP) is 4.98. The Bertz CT molecular complexity index is 882. The molecule has 1 aromatic heterocycles. The van der Waals surface area contributed by atoms with E-state index in [-0.39, 0.29) is 11.7 Å². The average molecular weight is 405 g/mol. The van der Waals surface area contributed by atoms with Gasteiger partial charge >= 0.3 is 0 Å². The highest BCUT2D eigenvalue weighted by atomic mass is 35.5. The smallest absolute Gasteiger partial charge is 0.220 e. The van der Waals surface area contributed by atoms with Crippen LogP contribution in [0.25, 0.3) is 11.3 Å². The zero-order valence-corrected chi connectivity index (χ0v) is 16.0. The van der Waals surface area contributed by atoms with Crippen LogP contribution in [0.15, 0.2) is 64.0 Å². The minimum atomic E-state index is -0.301. The Morgan fingerprint density at radius 3 is 2.63 bits per heavy atom. The maximum atomic E-state index is 13.0. The van der Waals surface area contributed by atoms with Gasteiger partial charge < -0.3 is 9.73 Å². The van der Waals surface area contributed by atoms with Crippen LogP contribution >= 0.6 is 23.4 Å². The molecule has 3 aromatic rings. The fourth-order valence-electron chi connectivity index (χ4n) is 2.37. The molecule has 0 radical (unpaired) electrons. The Morgan fingerprint density at radius 2 is 1.89 bits per heavy atom. The van der Waals surface area contributed by atoms with Gasteiger partial charge in [-0.1, -0.05) is 11.6 Å². The van der Waals surface area contributed by atoms with Gasteiger partial charge in [0.2, 0.25) is 5.91 Å². The third-order valence-corrected chi connectivity index (χ3v) is 5.02. The van der Waals surface area contributed by atoms with Crippen molar-refractivity contribution >= 4 is 29.3 Å². The molecule has 0 atom stereocenters. The van der Waals surface area contributed by atoms with E-state index in [1.807, 2.05) is 24.3 Å². The van der Waals surface area contributed by atoms with Crippen LogP contribution in [0.5, 0.6) is 0 Å². The summed E-state index contributed by atoms with van der Waals surface area (Å²) < 4.78 is 18.6. The summed E-state index contributed by atoms with van der Waals surface area (Å²) in [5.74, 6) is 1.48. The number of aromatic nitrogens is 1. The van der Waals surface area contributed by atoms with Crippen molar-refractivity contribution < 1.29 is 13.6 Å². The third-order valence-electron chi connectivity index (χ3n) is 3.75. The number of thioether (sulfide) groups is 1. The van der Waals surface area contributed by atoms with Crippen molar-refractivity contribution in [2.45, 2.75) is 17.7 Å². The van der Waals surface area contributed by atoms with Crippen molar-refractivity contribution in [2.24, 2.45) is 0 Å². The minimum Gasteiger partial charge on any atom is -0.441 e. The number of aryl methyl sites for hydroxylation is 1. The lowest BCUT2D eigenvalue weighted by molar-refractivity contribution is -0.121. The van der Waals surface area contributed by atoms with E-state index in [0.717, 1.165) is 16.2 Å². The highest BCUT2D eigenvalue weighted by Crippen LogP contribution is 2.21.